The minimum Gasteiger partial charge on any atom is -0.457 e. The summed E-state index contributed by atoms with van der Waals surface area (Å²) < 4.78 is 12.9. The van der Waals surface area contributed by atoms with Crippen molar-refractivity contribution >= 4 is 38.5 Å². The molecular formula is C30H20BrNO4. The van der Waals surface area contributed by atoms with Crippen molar-refractivity contribution in [3.8, 4) is 11.5 Å². The van der Waals surface area contributed by atoms with Gasteiger partial charge in [0.25, 0.3) is 5.91 Å². The first-order chi connectivity index (χ1) is 17.5. The van der Waals surface area contributed by atoms with Crippen LogP contribution >= 0.6 is 15.9 Å². The highest BCUT2D eigenvalue weighted by atomic mass is 79.9. The zero-order valence-electron chi connectivity index (χ0n) is 19.3. The van der Waals surface area contributed by atoms with Crippen LogP contribution in [-0.4, -0.2) is 5.91 Å². The maximum atomic E-state index is 13.8. The number of rotatable bonds is 4. The third-order valence-corrected chi connectivity index (χ3v) is 6.76. The minimum absolute atomic E-state index is 0.0655. The molecule has 1 unspecified atom stereocenters. The lowest BCUT2D eigenvalue weighted by Crippen LogP contribution is -2.29. The SMILES string of the molecule is Cc1cccc(N2C(=O)c3oc4ccc(Br)cc4c(=O)c3C2c2cccc(Oc3ccccc3)c2)c1. The molecule has 6 rings (SSSR count). The van der Waals surface area contributed by atoms with Crippen LogP contribution in [0.1, 0.15) is 33.3 Å². The second-order valence-electron chi connectivity index (χ2n) is 8.72. The van der Waals surface area contributed by atoms with Crippen LogP contribution in [0.5, 0.6) is 11.5 Å². The number of nitrogens with zero attached hydrogens (tertiary/aromatic N) is 1. The van der Waals surface area contributed by atoms with E-state index in [1.807, 2.05) is 85.8 Å². The van der Waals surface area contributed by atoms with E-state index in [1.165, 1.54) is 0 Å². The molecule has 0 fully saturated rings. The van der Waals surface area contributed by atoms with Crippen LogP contribution in [0.3, 0.4) is 0 Å². The predicted octanol–water partition coefficient (Wildman–Crippen LogP) is 7.41. The van der Waals surface area contributed by atoms with E-state index in [1.54, 1.807) is 23.1 Å². The Balaban J connectivity index is 1.56. The van der Waals surface area contributed by atoms with Gasteiger partial charge in [-0.05, 0) is 72.6 Å². The quantitative estimate of drug-likeness (QED) is 0.239. The maximum Gasteiger partial charge on any atom is 0.295 e. The van der Waals surface area contributed by atoms with Crippen LogP contribution in [0.25, 0.3) is 11.0 Å². The molecule has 6 heteroatoms. The molecule has 0 radical (unpaired) electrons. The molecule has 5 nitrogen and oxygen atoms in total. The summed E-state index contributed by atoms with van der Waals surface area (Å²) in [4.78, 5) is 29.3. The van der Waals surface area contributed by atoms with E-state index in [9.17, 15) is 9.59 Å². The Kier molecular flexibility index (Phi) is 5.46. The zero-order valence-corrected chi connectivity index (χ0v) is 20.9. The van der Waals surface area contributed by atoms with Crippen LogP contribution in [0, 0.1) is 6.92 Å². The summed E-state index contributed by atoms with van der Waals surface area (Å²) in [5.41, 5.74) is 2.92. The summed E-state index contributed by atoms with van der Waals surface area (Å²) in [5, 5.41) is 0.420. The van der Waals surface area contributed by atoms with Crippen molar-refractivity contribution in [3.63, 3.8) is 0 Å². The first-order valence-electron chi connectivity index (χ1n) is 11.5. The third kappa shape index (κ3) is 3.80. The van der Waals surface area contributed by atoms with Crippen LogP contribution in [0.4, 0.5) is 5.69 Å². The van der Waals surface area contributed by atoms with E-state index in [-0.39, 0.29) is 17.1 Å². The molecule has 0 saturated carbocycles. The largest absolute Gasteiger partial charge is 0.457 e. The van der Waals surface area contributed by atoms with Crippen molar-refractivity contribution in [2.75, 3.05) is 4.90 Å². The molecule has 1 aromatic heterocycles. The molecule has 1 aliphatic heterocycles. The summed E-state index contributed by atoms with van der Waals surface area (Å²) in [6.45, 7) is 1.97. The van der Waals surface area contributed by atoms with E-state index in [0.29, 0.717) is 33.7 Å². The van der Waals surface area contributed by atoms with E-state index in [4.69, 9.17) is 9.15 Å². The average Bonchev–Trinajstić information content (AvgIpc) is 3.18. The van der Waals surface area contributed by atoms with Crippen molar-refractivity contribution in [1.29, 1.82) is 0 Å². The number of ether oxygens (including phenoxy) is 1. The topological polar surface area (TPSA) is 59.8 Å². The van der Waals surface area contributed by atoms with Crippen LogP contribution in [0.2, 0.25) is 0 Å². The predicted molar refractivity (Wildman–Crippen MR) is 143 cm³/mol. The molecule has 176 valence electrons. The zero-order chi connectivity index (χ0) is 24.8. The molecule has 1 aliphatic rings. The van der Waals surface area contributed by atoms with Crippen molar-refractivity contribution in [3.05, 3.63) is 134 Å². The van der Waals surface area contributed by atoms with Gasteiger partial charge in [0.1, 0.15) is 17.1 Å². The van der Waals surface area contributed by atoms with Gasteiger partial charge in [-0.1, -0.05) is 58.4 Å². The number of aryl methyl sites for hydroxylation is 1. The molecule has 1 amide bonds. The number of carbonyl (C=O) groups excluding carboxylic acids is 1. The molecule has 1 atom stereocenters. The molecule has 0 spiro atoms. The highest BCUT2D eigenvalue weighted by Crippen LogP contribution is 2.42. The fraction of sp³-hybridized carbons (Fsp3) is 0.0667. The van der Waals surface area contributed by atoms with Crippen LogP contribution in [0.15, 0.2) is 111 Å². The van der Waals surface area contributed by atoms with E-state index in [2.05, 4.69) is 15.9 Å². The Labute approximate surface area is 215 Å². The lowest BCUT2D eigenvalue weighted by atomic mass is 9.98. The van der Waals surface area contributed by atoms with Crippen molar-refractivity contribution in [1.82, 2.24) is 0 Å². The highest BCUT2D eigenvalue weighted by Gasteiger charge is 2.43. The summed E-state index contributed by atoms with van der Waals surface area (Å²) in [6, 6.07) is 29.2. The van der Waals surface area contributed by atoms with Crippen molar-refractivity contribution < 1.29 is 13.9 Å². The normalized spacial score (nSPS) is 14.8. The van der Waals surface area contributed by atoms with Gasteiger partial charge in [0, 0.05) is 10.2 Å². The molecule has 4 aromatic carbocycles. The Morgan fingerprint density at radius 3 is 2.42 bits per heavy atom. The number of benzene rings is 4. The lowest BCUT2D eigenvalue weighted by molar-refractivity contribution is 0.0971. The number of hydrogen-bond donors (Lipinski definition) is 0. The smallest absolute Gasteiger partial charge is 0.295 e. The van der Waals surface area contributed by atoms with Gasteiger partial charge in [0.2, 0.25) is 5.76 Å². The molecular weight excluding hydrogens is 518 g/mol. The first-order valence-corrected chi connectivity index (χ1v) is 12.3. The summed E-state index contributed by atoms with van der Waals surface area (Å²) in [5.74, 6) is 1.02. The van der Waals surface area contributed by atoms with Crippen molar-refractivity contribution in [2.24, 2.45) is 0 Å². The van der Waals surface area contributed by atoms with E-state index < -0.39 is 6.04 Å². The average molecular weight is 538 g/mol. The van der Waals surface area contributed by atoms with Crippen LogP contribution < -0.4 is 15.1 Å². The second kappa shape index (κ2) is 8.81. The fourth-order valence-corrected chi connectivity index (χ4v) is 5.04. The number of hydrogen-bond acceptors (Lipinski definition) is 4. The minimum atomic E-state index is -0.673. The molecule has 0 N–H and O–H groups in total. The van der Waals surface area contributed by atoms with Crippen molar-refractivity contribution in [2.45, 2.75) is 13.0 Å². The Morgan fingerprint density at radius 2 is 1.61 bits per heavy atom. The lowest BCUT2D eigenvalue weighted by Gasteiger charge is -2.26. The Bertz CT molecular complexity index is 1690. The number of carbonyl (C=O) groups is 1. The van der Waals surface area contributed by atoms with Crippen LogP contribution in [-0.2, 0) is 0 Å². The molecule has 0 saturated heterocycles. The molecule has 5 aromatic rings. The van der Waals surface area contributed by atoms with Gasteiger partial charge in [0.15, 0.2) is 5.43 Å². The van der Waals surface area contributed by atoms with Gasteiger partial charge >= 0.3 is 0 Å². The molecule has 0 bridgehead atoms. The number of halogens is 1. The number of para-hydroxylation sites is 1. The Morgan fingerprint density at radius 1 is 0.833 bits per heavy atom. The molecule has 0 aliphatic carbocycles. The highest BCUT2D eigenvalue weighted by molar-refractivity contribution is 9.10. The molecule has 2 heterocycles. The van der Waals surface area contributed by atoms with Gasteiger partial charge < -0.3 is 9.15 Å². The first kappa shape index (κ1) is 22.3. The number of amides is 1. The molecule has 36 heavy (non-hydrogen) atoms. The number of fused-ring (bicyclic) bond motifs is 2. The monoisotopic (exact) mass is 537 g/mol. The van der Waals surface area contributed by atoms with Gasteiger partial charge in [-0.3, -0.25) is 14.5 Å². The standard InChI is InChI=1S/C30H20BrNO4/c1-18-7-5-9-21(15-18)32-27(19-8-6-12-23(16-19)35-22-10-3-2-4-11-22)26-28(33)24-17-20(31)13-14-25(24)36-29(26)30(32)34/h2-17,27H,1H3. The van der Waals surface area contributed by atoms with Gasteiger partial charge in [-0.2, -0.15) is 0 Å². The summed E-state index contributed by atoms with van der Waals surface area (Å²) in [7, 11) is 0. The summed E-state index contributed by atoms with van der Waals surface area (Å²) in [6.07, 6.45) is 0. The second-order valence-corrected chi connectivity index (χ2v) is 9.63. The third-order valence-electron chi connectivity index (χ3n) is 6.26. The Hall–Kier alpha value is -4.16. The number of anilines is 1. The van der Waals surface area contributed by atoms with Gasteiger partial charge in [-0.25, -0.2) is 0 Å². The summed E-state index contributed by atoms with van der Waals surface area (Å²) >= 11 is 3.44. The van der Waals surface area contributed by atoms with E-state index >= 15 is 0 Å². The fourth-order valence-electron chi connectivity index (χ4n) is 4.68. The maximum absolute atomic E-state index is 13.8. The van der Waals surface area contributed by atoms with E-state index in [0.717, 1.165) is 15.6 Å². The van der Waals surface area contributed by atoms with Gasteiger partial charge in [-0.15, -0.1) is 0 Å². The van der Waals surface area contributed by atoms with Gasteiger partial charge in [0.05, 0.1) is 17.0 Å².